The molecular formula is C10H20N2O2. The Morgan fingerprint density at radius 1 is 1.57 bits per heavy atom. The van der Waals surface area contributed by atoms with Crippen LogP contribution >= 0.6 is 0 Å². The zero-order valence-corrected chi connectivity index (χ0v) is 8.70. The Balaban J connectivity index is 3.41. The number of rotatable bonds is 9. The Bertz CT molecular complexity index is 162. The molecule has 0 aromatic heterocycles. The second kappa shape index (κ2) is 8.72. The molecule has 1 amide bonds. The normalized spacial score (nSPS) is 14.4. The van der Waals surface area contributed by atoms with Crippen LogP contribution in [0, 0.1) is 0 Å². The van der Waals surface area contributed by atoms with E-state index in [2.05, 4.69) is 17.2 Å². The standard InChI is InChI=1S/C10H20N2O2/c1-3-9(2)11-6-4-5-10(7-13)12-8-14/h3,8-11,13H,1,4-7H2,2H3,(H,12,14)/t9?,10-/m0/s1. The van der Waals surface area contributed by atoms with Crippen LogP contribution in [0.5, 0.6) is 0 Å². The maximum atomic E-state index is 10.1. The first-order valence-electron chi connectivity index (χ1n) is 4.91. The van der Waals surface area contributed by atoms with Gasteiger partial charge < -0.3 is 15.7 Å². The molecule has 82 valence electrons. The van der Waals surface area contributed by atoms with Gasteiger partial charge in [-0.05, 0) is 26.3 Å². The fourth-order valence-corrected chi connectivity index (χ4v) is 1.09. The molecule has 0 radical (unpaired) electrons. The van der Waals surface area contributed by atoms with Crippen molar-refractivity contribution in [3.63, 3.8) is 0 Å². The van der Waals surface area contributed by atoms with E-state index in [9.17, 15) is 4.79 Å². The van der Waals surface area contributed by atoms with Crippen molar-refractivity contribution < 1.29 is 9.90 Å². The van der Waals surface area contributed by atoms with Gasteiger partial charge in [0.2, 0.25) is 6.41 Å². The van der Waals surface area contributed by atoms with E-state index in [4.69, 9.17) is 5.11 Å². The number of nitrogens with one attached hydrogen (secondary N) is 2. The summed E-state index contributed by atoms with van der Waals surface area (Å²) in [4.78, 5) is 10.1. The van der Waals surface area contributed by atoms with E-state index in [-0.39, 0.29) is 12.6 Å². The summed E-state index contributed by atoms with van der Waals surface area (Å²) in [6.07, 6.45) is 4.17. The lowest BCUT2D eigenvalue weighted by Crippen LogP contribution is -2.33. The molecule has 1 unspecified atom stereocenters. The van der Waals surface area contributed by atoms with Crippen molar-refractivity contribution in [2.24, 2.45) is 0 Å². The Kier molecular flexibility index (Phi) is 8.17. The molecule has 0 aromatic carbocycles. The van der Waals surface area contributed by atoms with Gasteiger partial charge in [0.15, 0.2) is 0 Å². The zero-order chi connectivity index (χ0) is 10.8. The summed E-state index contributed by atoms with van der Waals surface area (Å²) in [6, 6.07) is 0.190. The average molecular weight is 200 g/mol. The van der Waals surface area contributed by atoms with E-state index in [1.165, 1.54) is 0 Å². The second-order valence-corrected chi connectivity index (χ2v) is 3.28. The molecular weight excluding hydrogens is 180 g/mol. The van der Waals surface area contributed by atoms with Gasteiger partial charge in [0.25, 0.3) is 0 Å². The molecule has 0 aliphatic heterocycles. The number of amides is 1. The van der Waals surface area contributed by atoms with Crippen LogP contribution in [0.2, 0.25) is 0 Å². The van der Waals surface area contributed by atoms with Crippen molar-refractivity contribution in [3.8, 4) is 0 Å². The number of aliphatic hydroxyl groups excluding tert-OH is 1. The number of carbonyl (C=O) groups is 1. The zero-order valence-electron chi connectivity index (χ0n) is 8.70. The van der Waals surface area contributed by atoms with Gasteiger partial charge in [0.1, 0.15) is 0 Å². The maximum absolute atomic E-state index is 10.1. The van der Waals surface area contributed by atoms with Crippen LogP contribution in [0.1, 0.15) is 19.8 Å². The molecule has 0 bridgehead atoms. The number of aliphatic hydroxyl groups is 1. The lowest BCUT2D eigenvalue weighted by Gasteiger charge is -2.13. The van der Waals surface area contributed by atoms with Gasteiger partial charge in [-0.1, -0.05) is 6.08 Å². The van der Waals surface area contributed by atoms with Crippen molar-refractivity contribution in [1.29, 1.82) is 0 Å². The van der Waals surface area contributed by atoms with Crippen LogP contribution in [-0.4, -0.2) is 36.8 Å². The summed E-state index contributed by atoms with van der Waals surface area (Å²) in [5, 5.41) is 14.6. The van der Waals surface area contributed by atoms with Gasteiger partial charge in [-0.3, -0.25) is 4.79 Å². The van der Waals surface area contributed by atoms with Crippen LogP contribution in [0.3, 0.4) is 0 Å². The average Bonchev–Trinajstić information content (AvgIpc) is 2.22. The minimum absolute atomic E-state index is 0.00421. The van der Waals surface area contributed by atoms with Crippen molar-refractivity contribution in [2.75, 3.05) is 13.2 Å². The largest absolute Gasteiger partial charge is 0.394 e. The molecule has 14 heavy (non-hydrogen) atoms. The van der Waals surface area contributed by atoms with Gasteiger partial charge in [0, 0.05) is 6.04 Å². The van der Waals surface area contributed by atoms with Gasteiger partial charge in [-0.2, -0.15) is 0 Å². The summed E-state index contributed by atoms with van der Waals surface area (Å²) in [7, 11) is 0. The molecule has 0 aliphatic carbocycles. The fourth-order valence-electron chi connectivity index (χ4n) is 1.09. The maximum Gasteiger partial charge on any atom is 0.207 e. The molecule has 0 aromatic rings. The quantitative estimate of drug-likeness (QED) is 0.280. The Morgan fingerprint density at radius 2 is 2.29 bits per heavy atom. The summed E-state index contributed by atoms with van der Waals surface area (Å²) >= 11 is 0. The summed E-state index contributed by atoms with van der Waals surface area (Å²) in [5.41, 5.74) is 0. The topological polar surface area (TPSA) is 61.4 Å². The minimum atomic E-state index is -0.117. The highest BCUT2D eigenvalue weighted by molar-refractivity contribution is 5.46. The number of carbonyl (C=O) groups excluding carboxylic acids is 1. The Morgan fingerprint density at radius 3 is 2.79 bits per heavy atom. The number of hydrogen-bond donors (Lipinski definition) is 3. The van der Waals surface area contributed by atoms with E-state index < -0.39 is 0 Å². The third-order valence-electron chi connectivity index (χ3n) is 2.07. The molecule has 2 atom stereocenters. The predicted octanol–water partition coefficient (Wildman–Crippen LogP) is 0.0376. The van der Waals surface area contributed by atoms with Crippen molar-refractivity contribution in [2.45, 2.75) is 31.8 Å². The molecule has 0 saturated carbocycles. The highest BCUT2D eigenvalue weighted by atomic mass is 16.3. The van der Waals surface area contributed by atoms with Gasteiger partial charge in [0.05, 0.1) is 12.6 Å². The lowest BCUT2D eigenvalue weighted by atomic mass is 10.1. The molecule has 0 aliphatic rings. The smallest absolute Gasteiger partial charge is 0.207 e. The molecule has 0 saturated heterocycles. The third kappa shape index (κ3) is 6.62. The van der Waals surface area contributed by atoms with Crippen LogP contribution in [0.4, 0.5) is 0 Å². The monoisotopic (exact) mass is 200 g/mol. The van der Waals surface area contributed by atoms with Crippen molar-refractivity contribution in [3.05, 3.63) is 12.7 Å². The highest BCUT2D eigenvalue weighted by Gasteiger charge is 2.04. The summed E-state index contributed by atoms with van der Waals surface area (Å²) in [6.45, 7) is 6.55. The molecule has 4 heteroatoms. The number of hydrogen-bond acceptors (Lipinski definition) is 3. The third-order valence-corrected chi connectivity index (χ3v) is 2.07. The molecule has 0 rings (SSSR count). The van der Waals surface area contributed by atoms with Gasteiger partial charge >= 0.3 is 0 Å². The van der Waals surface area contributed by atoms with Crippen LogP contribution in [0.25, 0.3) is 0 Å². The molecule has 0 spiro atoms. The summed E-state index contributed by atoms with van der Waals surface area (Å²) < 4.78 is 0. The van der Waals surface area contributed by atoms with Gasteiger partial charge in [-0.15, -0.1) is 6.58 Å². The first kappa shape index (κ1) is 13.1. The first-order valence-corrected chi connectivity index (χ1v) is 4.91. The van der Waals surface area contributed by atoms with E-state index in [1.807, 2.05) is 13.0 Å². The Labute approximate surface area is 85.4 Å². The Hall–Kier alpha value is -0.870. The first-order chi connectivity index (χ1) is 6.74. The van der Waals surface area contributed by atoms with Crippen LogP contribution in [0.15, 0.2) is 12.7 Å². The fraction of sp³-hybridized carbons (Fsp3) is 0.700. The molecule has 0 heterocycles. The van der Waals surface area contributed by atoms with Gasteiger partial charge in [-0.25, -0.2) is 0 Å². The van der Waals surface area contributed by atoms with E-state index >= 15 is 0 Å². The van der Waals surface area contributed by atoms with Crippen molar-refractivity contribution in [1.82, 2.24) is 10.6 Å². The molecule has 4 nitrogen and oxygen atoms in total. The van der Waals surface area contributed by atoms with Crippen LogP contribution < -0.4 is 10.6 Å². The van der Waals surface area contributed by atoms with E-state index in [0.717, 1.165) is 19.4 Å². The second-order valence-electron chi connectivity index (χ2n) is 3.28. The molecule has 0 fully saturated rings. The SMILES string of the molecule is C=CC(C)NCCC[C@@H](CO)NC=O. The van der Waals surface area contributed by atoms with E-state index in [1.54, 1.807) is 0 Å². The highest BCUT2D eigenvalue weighted by Crippen LogP contribution is 1.95. The predicted molar refractivity (Wildman–Crippen MR) is 57.0 cm³/mol. The van der Waals surface area contributed by atoms with Crippen LogP contribution in [-0.2, 0) is 4.79 Å². The lowest BCUT2D eigenvalue weighted by molar-refractivity contribution is -0.110. The minimum Gasteiger partial charge on any atom is -0.394 e. The van der Waals surface area contributed by atoms with E-state index in [0.29, 0.717) is 12.5 Å². The molecule has 3 N–H and O–H groups in total. The summed E-state index contributed by atoms with van der Waals surface area (Å²) in [5.74, 6) is 0. The van der Waals surface area contributed by atoms with Crippen molar-refractivity contribution >= 4 is 6.41 Å².